The molecule has 1 aromatic rings. The number of benzene rings is 1. The van der Waals surface area contributed by atoms with Crippen molar-refractivity contribution in [1.29, 1.82) is 0 Å². The lowest BCUT2D eigenvalue weighted by Crippen LogP contribution is -2.17. The number of aliphatic hydroxyl groups excluding tert-OH is 1. The smallest absolute Gasteiger partial charge is 0.250 e. The Labute approximate surface area is 92.5 Å². The molecule has 14 heavy (non-hydrogen) atoms. The van der Waals surface area contributed by atoms with Gasteiger partial charge in [-0.1, -0.05) is 24.3 Å². The summed E-state index contributed by atoms with van der Waals surface area (Å²) < 4.78 is 0. The van der Waals surface area contributed by atoms with Crippen molar-refractivity contribution in [2.24, 2.45) is 0 Å². The summed E-state index contributed by atoms with van der Waals surface area (Å²) in [5, 5.41) is 8.47. The van der Waals surface area contributed by atoms with Crippen LogP contribution in [0.4, 0.5) is 0 Å². The Morgan fingerprint density at radius 2 is 1.79 bits per heavy atom. The average Bonchev–Trinajstić information content (AvgIpc) is 2.19. The molecule has 2 nitrogen and oxygen atoms in total. The Balaban J connectivity index is 2.64. The molecule has 0 aromatic heterocycles. The quantitative estimate of drug-likeness (QED) is 0.638. The number of carbonyl (C=O) groups is 1. The van der Waals surface area contributed by atoms with Gasteiger partial charge in [0, 0.05) is 12.3 Å². The number of aliphatic hydroxyl groups is 1. The van der Waals surface area contributed by atoms with Gasteiger partial charge in [0.05, 0.1) is 0 Å². The number of carbonyl (C=O) groups excluding carboxylic acids is 1. The van der Waals surface area contributed by atoms with Crippen molar-refractivity contribution >= 4 is 28.4 Å². The normalized spacial score (nSPS) is 12.5. The molecule has 1 unspecified atom stereocenters. The first-order valence-electron chi connectivity index (χ1n) is 4.14. The zero-order chi connectivity index (χ0) is 10.6. The Hall–Kier alpha value is -0.570. The second kappa shape index (κ2) is 5.35. The minimum absolute atomic E-state index is 0.241. The van der Waals surface area contributed by atoms with Gasteiger partial charge in [-0.05, 0) is 22.7 Å². The molecule has 0 saturated carbocycles. The summed E-state index contributed by atoms with van der Waals surface area (Å²) in [5.74, 6) is 0.456. The van der Waals surface area contributed by atoms with Crippen LogP contribution in [-0.2, 0) is 17.1 Å². The van der Waals surface area contributed by atoms with Gasteiger partial charge in [-0.25, -0.2) is 0 Å². The first-order chi connectivity index (χ1) is 6.63. The summed E-state index contributed by atoms with van der Waals surface area (Å²) in [4.78, 5) is 10.6. The number of rotatable bonds is 4. The second-order valence-electron chi connectivity index (χ2n) is 2.97. The van der Waals surface area contributed by atoms with Crippen LogP contribution in [0.1, 0.15) is 11.1 Å². The molecule has 0 spiro atoms. The average molecular weight is 233 g/mol. The van der Waals surface area contributed by atoms with E-state index >= 15 is 0 Å². The molecule has 0 saturated heterocycles. The van der Waals surface area contributed by atoms with Gasteiger partial charge in [0.2, 0.25) is 0 Å². The molecular weight excluding hydrogens is 223 g/mol. The van der Waals surface area contributed by atoms with Crippen LogP contribution in [0, 0.1) is 0 Å². The lowest BCUT2D eigenvalue weighted by atomic mass is 10.1. The molecule has 1 rings (SSSR count). The molecule has 4 heteroatoms. The van der Waals surface area contributed by atoms with Gasteiger partial charge in [0.1, 0.15) is 6.10 Å². The maximum absolute atomic E-state index is 10.6. The summed E-state index contributed by atoms with van der Waals surface area (Å²) in [5.41, 5.74) is 1.86. The first-order valence-corrected chi connectivity index (χ1v) is 5.06. The van der Waals surface area contributed by atoms with Gasteiger partial charge in [0.15, 0.2) is 0 Å². The highest BCUT2D eigenvalue weighted by atomic mass is 35.5. The minimum atomic E-state index is -1.13. The molecule has 1 aromatic carbocycles. The summed E-state index contributed by atoms with van der Waals surface area (Å²) in [7, 11) is 0. The van der Waals surface area contributed by atoms with Crippen LogP contribution in [0.3, 0.4) is 0 Å². The van der Waals surface area contributed by atoms with E-state index in [2.05, 4.69) is 0 Å². The van der Waals surface area contributed by atoms with E-state index in [0.29, 0.717) is 5.88 Å². The van der Waals surface area contributed by atoms with E-state index in [1.165, 1.54) is 0 Å². The van der Waals surface area contributed by atoms with Crippen LogP contribution in [0.25, 0.3) is 0 Å². The third-order valence-corrected chi connectivity index (χ3v) is 2.43. The molecule has 0 heterocycles. The van der Waals surface area contributed by atoms with Crippen LogP contribution >= 0.6 is 23.2 Å². The number of hydrogen-bond donors (Lipinski definition) is 1. The van der Waals surface area contributed by atoms with E-state index in [-0.39, 0.29) is 6.42 Å². The van der Waals surface area contributed by atoms with Gasteiger partial charge in [-0.15, -0.1) is 11.6 Å². The van der Waals surface area contributed by atoms with Gasteiger partial charge in [-0.2, -0.15) is 0 Å². The molecule has 0 radical (unpaired) electrons. The van der Waals surface area contributed by atoms with Crippen molar-refractivity contribution in [3.05, 3.63) is 35.4 Å². The summed E-state index contributed by atoms with van der Waals surface area (Å²) >= 11 is 10.7. The largest absolute Gasteiger partial charge is 0.384 e. The SMILES string of the molecule is O=C(Cl)C(O)Cc1ccc(CCl)cc1. The molecule has 0 fully saturated rings. The maximum atomic E-state index is 10.6. The van der Waals surface area contributed by atoms with E-state index in [1.54, 1.807) is 0 Å². The third kappa shape index (κ3) is 3.29. The van der Waals surface area contributed by atoms with Crippen molar-refractivity contribution < 1.29 is 9.90 Å². The molecular formula is C10H10Cl2O2. The summed E-state index contributed by atoms with van der Waals surface area (Å²) in [6.07, 6.45) is -0.885. The Bertz CT molecular complexity index is 308. The van der Waals surface area contributed by atoms with Gasteiger partial charge in [0.25, 0.3) is 5.24 Å². The van der Waals surface area contributed by atoms with E-state index in [1.807, 2.05) is 24.3 Å². The molecule has 0 aliphatic heterocycles. The number of hydrogen-bond acceptors (Lipinski definition) is 2. The maximum Gasteiger partial charge on any atom is 0.250 e. The predicted molar refractivity (Wildman–Crippen MR) is 56.6 cm³/mol. The van der Waals surface area contributed by atoms with Gasteiger partial charge < -0.3 is 5.11 Å². The molecule has 0 bridgehead atoms. The fourth-order valence-corrected chi connectivity index (χ4v) is 1.32. The van der Waals surface area contributed by atoms with E-state index in [9.17, 15) is 9.90 Å². The standard InChI is InChI=1S/C10H10Cl2O2/c11-6-8-3-1-7(2-4-8)5-9(13)10(12)14/h1-4,9,13H,5-6H2. The lowest BCUT2D eigenvalue weighted by Gasteiger charge is -2.05. The fraction of sp³-hybridized carbons (Fsp3) is 0.300. The lowest BCUT2D eigenvalue weighted by molar-refractivity contribution is -0.118. The van der Waals surface area contributed by atoms with Gasteiger partial charge in [-0.3, -0.25) is 4.79 Å². The Morgan fingerprint density at radius 1 is 1.29 bits per heavy atom. The molecule has 1 atom stereocenters. The monoisotopic (exact) mass is 232 g/mol. The first kappa shape index (κ1) is 11.5. The highest BCUT2D eigenvalue weighted by Gasteiger charge is 2.12. The van der Waals surface area contributed by atoms with Crippen LogP contribution < -0.4 is 0 Å². The van der Waals surface area contributed by atoms with E-state index < -0.39 is 11.3 Å². The predicted octanol–water partition coefficient (Wildman–Crippen LogP) is 2.09. The van der Waals surface area contributed by atoms with Crippen molar-refractivity contribution in [3.63, 3.8) is 0 Å². The highest BCUT2D eigenvalue weighted by molar-refractivity contribution is 6.64. The highest BCUT2D eigenvalue weighted by Crippen LogP contribution is 2.09. The van der Waals surface area contributed by atoms with Crippen molar-refractivity contribution in [1.82, 2.24) is 0 Å². The second-order valence-corrected chi connectivity index (χ2v) is 3.61. The summed E-state index contributed by atoms with van der Waals surface area (Å²) in [6, 6.07) is 7.35. The summed E-state index contributed by atoms with van der Waals surface area (Å²) in [6.45, 7) is 0. The Morgan fingerprint density at radius 3 is 2.21 bits per heavy atom. The molecule has 76 valence electrons. The van der Waals surface area contributed by atoms with Crippen molar-refractivity contribution in [2.75, 3.05) is 0 Å². The van der Waals surface area contributed by atoms with E-state index in [4.69, 9.17) is 23.2 Å². The van der Waals surface area contributed by atoms with Crippen LogP contribution in [0.15, 0.2) is 24.3 Å². The molecule has 1 N–H and O–H groups in total. The van der Waals surface area contributed by atoms with Crippen LogP contribution in [0.5, 0.6) is 0 Å². The molecule has 0 aliphatic carbocycles. The molecule has 0 aliphatic rings. The molecule has 0 amide bonds. The van der Waals surface area contributed by atoms with Crippen LogP contribution in [0.2, 0.25) is 0 Å². The topological polar surface area (TPSA) is 37.3 Å². The zero-order valence-electron chi connectivity index (χ0n) is 7.41. The van der Waals surface area contributed by atoms with Gasteiger partial charge >= 0.3 is 0 Å². The van der Waals surface area contributed by atoms with Crippen molar-refractivity contribution in [3.8, 4) is 0 Å². The zero-order valence-corrected chi connectivity index (χ0v) is 8.92. The fourth-order valence-electron chi connectivity index (χ4n) is 1.07. The van der Waals surface area contributed by atoms with Crippen molar-refractivity contribution in [2.45, 2.75) is 18.4 Å². The van der Waals surface area contributed by atoms with Crippen LogP contribution in [-0.4, -0.2) is 16.5 Å². The number of halogens is 2. The third-order valence-electron chi connectivity index (χ3n) is 1.87. The minimum Gasteiger partial charge on any atom is -0.384 e. The number of alkyl halides is 1. The Kier molecular flexibility index (Phi) is 4.39. The van der Waals surface area contributed by atoms with E-state index in [0.717, 1.165) is 11.1 Å².